The minimum Gasteiger partial charge on any atom is -0.506 e. The lowest BCUT2D eigenvalue weighted by Crippen LogP contribution is -2.22. The molecule has 0 aliphatic carbocycles. The molecule has 2 aromatic carbocycles. The Morgan fingerprint density at radius 2 is 1.85 bits per heavy atom. The zero-order valence-corrected chi connectivity index (χ0v) is 13.2. The van der Waals surface area contributed by atoms with Crippen LogP contribution in [0.2, 0.25) is 0 Å². The molecule has 0 fully saturated rings. The normalized spacial score (nSPS) is 11.9. The van der Waals surface area contributed by atoms with Gasteiger partial charge in [-0.15, -0.1) is 11.8 Å². The molecule has 0 saturated heterocycles. The third-order valence-electron chi connectivity index (χ3n) is 2.66. The Morgan fingerprint density at radius 3 is 2.50 bits per heavy atom. The van der Waals surface area contributed by atoms with Crippen LogP contribution in [0, 0.1) is 0 Å². The van der Waals surface area contributed by atoms with Crippen molar-refractivity contribution in [2.24, 2.45) is 0 Å². The maximum Gasteiger partial charge on any atom is 0.237 e. The summed E-state index contributed by atoms with van der Waals surface area (Å²) in [4.78, 5) is 13.1. The number of phenols is 1. The lowest BCUT2D eigenvalue weighted by atomic mass is 10.3. The second-order valence-electron chi connectivity index (χ2n) is 4.22. The summed E-state index contributed by atoms with van der Waals surface area (Å²) in [7, 11) is 0. The monoisotopic (exact) mass is 351 g/mol. The van der Waals surface area contributed by atoms with Gasteiger partial charge < -0.3 is 10.4 Å². The molecule has 0 spiro atoms. The minimum atomic E-state index is -0.254. The topological polar surface area (TPSA) is 49.3 Å². The number of carbonyl (C=O) groups is 1. The van der Waals surface area contributed by atoms with Gasteiger partial charge in [0.2, 0.25) is 5.91 Å². The summed E-state index contributed by atoms with van der Waals surface area (Å²) < 4.78 is 1.01. The molecule has 1 atom stereocenters. The van der Waals surface area contributed by atoms with Crippen LogP contribution in [0.5, 0.6) is 5.75 Å². The van der Waals surface area contributed by atoms with Crippen molar-refractivity contribution < 1.29 is 9.90 Å². The molecule has 0 bridgehead atoms. The summed E-state index contributed by atoms with van der Waals surface area (Å²) in [5.74, 6) is -0.0684. The Hall–Kier alpha value is -1.46. The van der Waals surface area contributed by atoms with Crippen molar-refractivity contribution in [3.8, 4) is 5.75 Å². The number of rotatable bonds is 4. The van der Waals surface area contributed by atoms with Crippen LogP contribution in [0.4, 0.5) is 5.69 Å². The van der Waals surface area contributed by atoms with E-state index in [1.165, 1.54) is 11.8 Å². The van der Waals surface area contributed by atoms with Gasteiger partial charge >= 0.3 is 0 Å². The predicted molar refractivity (Wildman–Crippen MR) is 86.2 cm³/mol. The maximum atomic E-state index is 12.1. The van der Waals surface area contributed by atoms with Crippen LogP contribution in [0.25, 0.3) is 0 Å². The van der Waals surface area contributed by atoms with E-state index in [0.717, 1.165) is 9.37 Å². The van der Waals surface area contributed by atoms with E-state index in [0.29, 0.717) is 5.69 Å². The van der Waals surface area contributed by atoms with Crippen molar-refractivity contribution in [2.45, 2.75) is 17.1 Å². The zero-order chi connectivity index (χ0) is 14.5. The molecule has 5 heteroatoms. The van der Waals surface area contributed by atoms with E-state index >= 15 is 0 Å². The van der Waals surface area contributed by atoms with Crippen molar-refractivity contribution >= 4 is 39.3 Å². The van der Waals surface area contributed by atoms with Crippen LogP contribution in [0.1, 0.15) is 6.92 Å². The van der Waals surface area contributed by atoms with Gasteiger partial charge in [-0.2, -0.15) is 0 Å². The molecular weight excluding hydrogens is 338 g/mol. The second kappa shape index (κ2) is 6.81. The number of para-hydroxylation sites is 2. The van der Waals surface area contributed by atoms with E-state index < -0.39 is 0 Å². The highest BCUT2D eigenvalue weighted by Crippen LogP contribution is 2.27. The first-order valence-corrected chi connectivity index (χ1v) is 7.74. The smallest absolute Gasteiger partial charge is 0.237 e. The molecule has 2 N–H and O–H groups in total. The number of aromatic hydroxyl groups is 1. The SMILES string of the molecule is CC(Sc1ccc(Br)cc1)C(=O)Nc1ccccc1O. The number of hydrogen-bond acceptors (Lipinski definition) is 3. The minimum absolute atomic E-state index is 0.0710. The summed E-state index contributed by atoms with van der Waals surface area (Å²) in [6.07, 6.45) is 0. The van der Waals surface area contributed by atoms with Crippen molar-refractivity contribution in [2.75, 3.05) is 5.32 Å². The lowest BCUT2D eigenvalue weighted by molar-refractivity contribution is -0.115. The maximum absolute atomic E-state index is 12.1. The van der Waals surface area contributed by atoms with Gasteiger partial charge in [-0.05, 0) is 43.3 Å². The first-order chi connectivity index (χ1) is 9.56. The highest BCUT2D eigenvalue weighted by molar-refractivity contribution is 9.10. The number of hydrogen-bond donors (Lipinski definition) is 2. The molecule has 0 heterocycles. The van der Waals surface area contributed by atoms with Gasteiger partial charge in [0, 0.05) is 9.37 Å². The fraction of sp³-hybridized carbons (Fsp3) is 0.133. The predicted octanol–water partition coefficient (Wildman–Crippen LogP) is 4.27. The van der Waals surface area contributed by atoms with Crippen molar-refractivity contribution in [3.63, 3.8) is 0 Å². The van der Waals surface area contributed by atoms with Crippen LogP contribution < -0.4 is 5.32 Å². The number of anilines is 1. The average Bonchev–Trinajstić information content (AvgIpc) is 2.44. The Morgan fingerprint density at radius 1 is 1.20 bits per heavy atom. The van der Waals surface area contributed by atoms with Gasteiger partial charge in [0.1, 0.15) is 5.75 Å². The molecule has 1 amide bonds. The van der Waals surface area contributed by atoms with Crippen LogP contribution in [0.3, 0.4) is 0 Å². The molecule has 0 aliphatic rings. The van der Waals surface area contributed by atoms with E-state index in [4.69, 9.17) is 0 Å². The number of phenolic OH excluding ortho intramolecular Hbond substituents is 1. The largest absolute Gasteiger partial charge is 0.506 e. The van der Waals surface area contributed by atoms with Crippen LogP contribution in [-0.4, -0.2) is 16.3 Å². The summed E-state index contributed by atoms with van der Waals surface area (Å²) in [5, 5.41) is 12.1. The van der Waals surface area contributed by atoms with E-state index in [-0.39, 0.29) is 16.9 Å². The number of nitrogens with one attached hydrogen (secondary N) is 1. The molecular formula is C15H14BrNO2S. The van der Waals surface area contributed by atoms with E-state index in [1.807, 2.05) is 31.2 Å². The summed E-state index contributed by atoms with van der Waals surface area (Å²) in [6.45, 7) is 1.84. The molecule has 104 valence electrons. The molecule has 20 heavy (non-hydrogen) atoms. The van der Waals surface area contributed by atoms with Gasteiger partial charge in [0.15, 0.2) is 0 Å². The van der Waals surface area contributed by atoms with Crippen molar-refractivity contribution in [1.29, 1.82) is 0 Å². The molecule has 0 saturated carbocycles. The fourth-order valence-electron chi connectivity index (χ4n) is 1.58. The Balaban J connectivity index is 1.99. The van der Waals surface area contributed by atoms with E-state index in [1.54, 1.807) is 24.3 Å². The van der Waals surface area contributed by atoms with Crippen LogP contribution in [0.15, 0.2) is 57.9 Å². The highest BCUT2D eigenvalue weighted by atomic mass is 79.9. The van der Waals surface area contributed by atoms with Gasteiger partial charge in [-0.25, -0.2) is 0 Å². The lowest BCUT2D eigenvalue weighted by Gasteiger charge is -2.12. The average molecular weight is 352 g/mol. The Labute approximate surface area is 130 Å². The van der Waals surface area contributed by atoms with Crippen molar-refractivity contribution in [1.82, 2.24) is 0 Å². The standard InChI is InChI=1S/C15H14BrNO2S/c1-10(20-12-8-6-11(16)7-9-12)15(19)17-13-4-2-3-5-14(13)18/h2-10,18H,1H3,(H,17,19). The molecule has 1 unspecified atom stereocenters. The first kappa shape index (κ1) is 14.9. The number of carbonyl (C=O) groups excluding carboxylic acids is 1. The molecule has 2 rings (SSSR count). The number of amides is 1. The summed E-state index contributed by atoms with van der Waals surface area (Å²) >= 11 is 4.85. The Kier molecular flexibility index (Phi) is 5.09. The van der Waals surface area contributed by atoms with E-state index in [2.05, 4.69) is 21.2 Å². The highest BCUT2D eigenvalue weighted by Gasteiger charge is 2.15. The van der Waals surface area contributed by atoms with Crippen molar-refractivity contribution in [3.05, 3.63) is 53.0 Å². The van der Waals surface area contributed by atoms with Gasteiger partial charge in [0.05, 0.1) is 10.9 Å². The summed E-state index contributed by atoms with van der Waals surface area (Å²) in [5.41, 5.74) is 0.431. The van der Waals surface area contributed by atoms with Gasteiger partial charge in [-0.1, -0.05) is 28.1 Å². The quantitative estimate of drug-likeness (QED) is 0.638. The van der Waals surface area contributed by atoms with Crippen LogP contribution >= 0.6 is 27.7 Å². The number of halogens is 1. The second-order valence-corrected chi connectivity index (χ2v) is 6.55. The zero-order valence-electron chi connectivity index (χ0n) is 10.8. The molecule has 2 aromatic rings. The molecule has 0 aromatic heterocycles. The number of thioether (sulfide) groups is 1. The van der Waals surface area contributed by atoms with E-state index in [9.17, 15) is 9.90 Å². The fourth-order valence-corrected chi connectivity index (χ4v) is 2.72. The molecule has 0 radical (unpaired) electrons. The summed E-state index contributed by atoms with van der Waals surface area (Å²) in [6, 6.07) is 14.5. The molecule has 0 aliphatic heterocycles. The third kappa shape index (κ3) is 4.02. The molecule has 3 nitrogen and oxygen atoms in total. The number of benzene rings is 2. The van der Waals surface area contributed by atoms with Gasteiger partial charge in [-0.3, -0.25) is 4.79 Å². The first-order valence-electron chi connectivity index (χ1n) is 6.07. The third-order valence-corrected chi connectivity index (χ3v) is 4.30. The van der Waals surface area contributed by atoms with Crippen LogP contribution in [-0.2, 0) is 4.79 Å². The van der Waals surface area contributed by atoms with Gasteiger partial charge in [0.25, 0.3) is 0 Å². The Bertz CT molecular complexity index is 601.